The normalized spacial score (nSPS) is 15.3. The fourth-order valence-corrected chi connectivity index (χ4v) is 4.04. The van der Waals surface area contributed by atoms with Crippen molar-refractivity contribution in [2.75, 3.05) is 11.9 Å². The lowest BCUT2D eigenvalue weighted by atomic mass is 10.1. The highest BCUT2D eigenvalue weighted by Gasteiger charge is 2.28. The lowest BCUT2D eigenvalue weighted by Gasteiger charge is -2.22. The maximum absolute atomic E-state index is 13.2. The van der Waals surface area contributed by atoms with E-state index in [0.29, 0.717) is 42.0 Å². The van der Waals surface area contributed by atoms with Gasteiger partial charge in [-0.1, -0.05) is 24.3 Å². The molecule has 1 aliphatic rings. The summed E-state index contributed by atoms with van der Waals surface area (Å²) < 4.78 is 19.1. The number of carbonyl (C=O) groups is 2. The van der Waals surface area contributed by atoms with Crippen molar-refractivity contribution in [1.82, 2.24) is 14.9 Å². The third kappa shape index (κ3) is 4.96. The molecule has 1 N–H and O–H groups in total. The molecule has 1 atom stereocenters. The summed E-state index contributed by atoms with van der Waals surface area (Å²) in [7, 11) is 0. The van der Waals surface area contributed by atoms with Crippen LogP contribution in [0, 0.1) is 5.82 Å². The second kappa shape index (κ2) is 9.50. The minimum Gasteiger partial charge on any atom is -0.481 e. The van der Waals surface area contributed by atoms with Crippen LogP contribution in [-0.2, 0) is 17.8 Å². The Bertz CT molecular complexity index is 1410. The van der Waals surface area contributed by atoms with Crippen LogP contribution in [0.5, 0.6) is 5.75 Å². The van der Waals surface area contributed by atoms with Crippen molar-refractivity contribution < 1.29 is 18.7 Å². The third-order valence-electron chi connectivity index (χ3n) is 5.91. The lowest BCUT2D eigenvalue weighted by Crippen LogP contribution is -2.39. The molecular weight excluding hydrogens is 447 g/mol. The number of carbonyl (C=O) groups excluding carboxylic acids is 2. The number of amides is 2. The Kier molecular flexibility index (Phi) is 6.10. The van der Waals surface area contributed by atoms with Crippen LogP contribution in [0.4, 0.5) is 10.1 Å². The number of anilines is 1. The van der Waals surface area contributed by atoms with Gasteiger partial charge in [0, 0.05) is 24.3 Å². The Morgan fingerprint density at radius 3 is 2.69 bits per heavy atom. The van der Waals surface area contributed by atoms with Gasteiger partial charge in [-0.2, -0.15) is 0 Å². The van der Waals surface area contributed by atoms with E-state index in [4.69, 9.17) is 4.74 Å². The highest BCUT2D eigenvalue weighted by molar-refractivity contribution is 6.03. The summed E-state index contributed by atoms with van der Waals surface area (Å²) in [5, 5.41) is 2.86. The van der Waals surface area contributed by atoms with Crippen LogP contribution in [0.15, 0.2) is 72.9 Å². The zero-order valence-corrected chi connectivity index (χ0v) is 19.1. The van der Waals surface area contributed by atoms with Gasteiger partial charge in [0.05, 0.1) is 17.2 Å². The molecule has 7 nitrogen and oxygen atoms in total. The molecule has 5 rings (SSSR count). The summed E-state index contributed by atoms with van der Waals surface area (Å²) in [5.41, 5.74) is 3.84. The number of ether oxygens (including phenoxy) is 1. The number of para-hydroxylation sites is 2. The van der Waals surface area contributed by atoms with E-state index in [2.05, 4.69) is 15.3 Å². The number of halogens is 1. The van der Waals surface area contributed by atoms with Crippen LogP contribution in [0.25, 0.3) is 11.0 Å². The topological polar surface area (TPSA) is 84.4 Å². The van der Waals surface area contributed by atoms with Crippen LogP contribution in [-0.4, -0.2) is 39.3 Å². The van der Waals surface area contributed by atoms with E-state index < -0.39 is 6.10 Å². The summed E-state index contributed by atoms with van der Waals surface area (Å²) in [4.78, 5) is 36.1. The monoisotopic (exact) mass is 470 g/mol. The van der Waals surface area contributed by atoms with Gasteiger partial charge in [-0.15, -0.1) is 0 Å². The average Bonchev–Trinajstić information content (AvgIpc) is 2.99. The number of fused-ring (bicyclic) bond motifs is 2. The molecule has 0 bridgehead atoms. The second-order valence-corrected chi connectivity index (χ2v) is 8.42. The predicted octanol–water partition coefficient (Wildman–Crippen LogP) is 4.37. The fourth-order valence-electron chi connectivity index (χ4n) is 4.04. The zero-order chi connectivity index (χ0) is 24.4. The molecule has 8 heteroatoms. The van der Waals surface area contributed by atoms with Gasteiger partial charge >= 0.3 is 0 Å². The average molecular weight is 471 g/mol. The largest absolute Gasteiger partial charge is 0.481 e. The Balaban J connectivity index is 1.33. The van der Waals surface area contributed by atoms with Gasteiger partial charge in [0.15, 0.2) is 6.10 Å². The molecule has 0 saturated heterocycles. The third-order valence-corrected chi connectivity index (χ3v) is 5.91. The van der Waals surface area contributed by atoms with Gasteiger partial charge in [0.25, 0.3) is 11.8 Å². The van der Waals surface area contributed by atoms with Crippen molar-refractivity contribution in [2.24, 2.45) is 0 Å². The SMILES string of the molecule is C[C@@H]1Oc2ccc(NC(=O)c3cnc4ccccc4n3)cc2CN(CCc2ccc(F)cc2)C1=O. The summed E-state index contributed by atoms with van der Waals surface area (Å²) in [6.45, 7) is 2.51. The summed E-state index contributed by atoms with van der Waals surface area (Å²) in [6, 6.07) is 18.9. The van der Waals surface area contributed by atoms with Crippen LogP contribution in [0.1, 0.15) is 28.5 Å². The summed E-state index contributed by atoms with van der Waals surface area (Å²) in [6.07, 6.45) is 1.39. The van der Waals surface area contributed by atoms with E-state index in [1.165, 1.54) is 18.3 Å². The molecular formula is C27H23FN4O3. The summed E-state index contributed by atoms with van der Waals surface area (Å²) in [5.74, 6) is -0.200. The van der Waals surface area contributed by atoms with Crippen molar-refractivity contribution >= 4 is 28.5 Å². The molecule has 0 saturated carbocycles. The standard InChI is InChI=1S/C27H23FN4O3/c1-17-27(34)32(13-12-18-6-8-20(28)9-7-18)16-19-14-21(10-11-25(19)35-17)30-26(33)24-15-29-22-4-2-3-5-23(22)31-24/h2-11,14-15,17H,12-13,16H2,1H3,(H,30,33)/t17-/m0/s1. The molecule has 0 aliphatic carbocycles. The first-order valence-corrected chi connectivity index (χ1v) is 11.3. The Morgan fingerprint density at radius 1 is 1.11 bits per heavy atom. The van der Waals surface area contributed by atoms with Gasteiger partial charge in [-0.25, -0.2) is 9.37 Å². The van der Waals surface area contributed by atoms with E-state index in [1.54, 1.807) is 48.2 Å². The fraction of sp³-hybridized carbons (Fsp3) is 0.185. The first kappa shape index (κ1) is 22.5. The number of rotatable bonds is 5. The van der Waals surface area contributed by atoms with Crippen LogP contribution >= 0.6 is 0 Å². The van der Waals surface area contributed by atoms with Crippen molar-refractivity contribution in [3.05, 3.63) is 95.6 Å². The molecule has 176 valence electrons. The lowest BCUT2D eigenvalue weighted by molar-refractivity contribution is -0.137. The van der Waals surface area contributed by atoms with Gasteiger partial charge in [-0.05, 0) is 61.4 Å². The maximum atomic E-state index is 13.2. The quantitative estimate of drug-likeness (QED) is 0.468. The molecule has 3 aromatic carbocycles. The van der Waals surface area contributed by atoms with Gasteiger partial charge in [-0.3, -0.25) is 14.6 Å². The molecule has 0 radical (unpaired) electrons. The van der Waals surface area contributed by atoms with Crippen LogP contribution < -0.4 is 10.1 Å². The van der Waals surface area contributed by atoms with E-state index in [-0.39, 0.29) is 23.3 Å². The molecule has 0 unspecified atom stereocenters. The number of nitrogens with zero attached hydrogens (tertiary/aromatic N) is 3. The minimum absolute atomic E-state index is 0.125. The van der Waals surface area contributed by atoms with Crippen molar-refractivity contribution in [3.8, 4) is 5.75 Å². The van der Waals surface area contributed by atoms with Crippen molar-refractivity contribution in [2.45, 2.75) is 26.0 Å². The van der Waals surface area contributed by atoms with Gasteiger partial charge in [0.1, 0.15) is 17.3 Å². The van der Waals surface area contributed by atoms with E-state index in [0.717, 1.165) is 11.1 Å². The molecule has 2 heterocycles. The molecule has 1 aliphatic heterocycles. The van der Waals surface area contributed by atoms with E-state index in [1.807, 2.05) is 18.2 Å². The van der Waals surface area contributed by atoms with Crippen LogP contribution in [0.3, 0.4) is 0 Å². The van der Waals surface area contributed by atoms with Gasteiger partial charge < -0.3 is 15.0 Å². The maximum Gasteiger partial charge on any atom is 0.275 e. The predicted molar refractivity (Wildman–Crippen MR) is 130 cm³/mol. The Labute approximate surface area is 201 Å². The number of benzene rings is 3. The van der Waals surface area contributed by atoms with E-state index in [9.17, 15) is 14.0 Å². The Hall–Kier alpha value is -4.33. The minimum atomic E-state index is -0.641. The molecule has 0 spiro atoms. The highest BCUT2D eigenvalue weighted by Crippen LogP contribution is 2.29. The second-order valence-electron chi connectivity index (χ2n) is 8.42. The molecule has 2 amide bonds. The molecule has 35 heavy (non-hydrogen) atoms. The number of nitrogens with one attached hydrogen (secondary N) is 1. The van der Waals surface area contributed by atoms with Crippen molar-refractivity contribution in [3.63, 3.8) is 0 Å². The van der Waals surface area contributed by atoms with Crippen LogP contribution in [0.2, 0.25) is 0 Å². The number of hydrogen-bond acceptors (Lipinski definition) is 5. The highest BCUT2D eigenvalue weighted by atomic mass is 19.1. The molecule has 4 aromatic rings. The molecule has 0 fully saturated rings. The van der Waals surface area contributed by atoms with Crippen molar-refractivity contribution in [1.29, 1.82) is 0 Å². The number of hydrogen-bond donors (Lipinski definition) is 1. The number of aromatic nitrogens is 2. The smallest absolute Gasteiger partial charge is 0.275 e. The molecule has 1 aromatic heterocycles. The first-order chi connectivity index (χ1) is 17.0. The van der Waals surface area contributed by atoms with E-state index >= 15 is 0 Å². The zero-order valence-electron chi connectivity index (χ0n) is 19.1. The van der Waals surface area contributed by atoms with Gasteiger partial charge in [0.2, 0.25) is 0 Å². The Morgan fingerprint density at radius 2 is 1.89 bits per heavy atom. The summed E-state index contributed by atoms with van der Waals surface area (Å²) >= 11 is 0. The first-order valence-electron chi connectivity index (χ1n) is 11.3.